The van der Waals surface area contributed by atoms with E-state index in [1.807, 2.05) is 36.4 Å². The highest BCUT2D eigenvalue weighted by atomic mass is 16.5. The number of aromatic nitrogens is 1. The quantitative estimate of drug-likeness (QED) is 0.408. The number of ether oxygens (including phenoxy) is 3. The van der Waals surface area contributed by atoms with Gasteiger partial charge in [-0.05, 0) is 41.5 Å². The maximum Gasteiger partial charge on any atom is 0.326 e. The van der Waals surface area contributed by atoms with Gasteiger partial charge in [0.1, 0.15) is 23.9 Å². The number of carboxylic acids is 1. The molecule has 0 bridgehead atoms. The number of hydrogen-bond acceptors (Lipinski definition) is 8. The van der Waals surface area contributed by atoms with Gasteiger partial charge in [0.25, 0.3) is 6.01 Å². The predicted molar refractivity (Wildman–Crippen MR) is 130 cm³/mol. The number of nitrogens with zero attached hydrogens (tertiary/aromatic N) is 3. The first-order chi connectivity index (χ1) is 17.5. The molecule has 0 amide bonds. The molecule has 36 heavy (non-hydrogen) atoms. The maximum atomic E-state index is 12.3. The second-order valence-electron chi connectivity index (χ2n) is 8.35. The molecule has 1 aliphatic heterocycles. The van der Waals surface area contributed by atoms with Crippen LogP contribution in [0.3, 0.4) is 0 Å². The normalized spacial score (nSPS) is 14.7. The molecule has 0 saturated carbocycles. The summed E-state index contributed by atoms with van der Waals surface area (Å²) in [7, 11) is 3.17. The number of fused-ring (bicyclic) bond motifs is 2. The Morgan fingerprint density at radius 2 is 1.97 bits per heavy atom. The first kappa shape index (κ1) is 23.1. The van der Waals surface area contributed by atoms with E-state index in [1.165, 1.54) is 0 Å². The first-order valence-corrected chi connectivity index (χ1v) is 11.3. The molecular weight excluding hydrogens is 462 g/mol. The van der Waals surface area contributed by atoms with E-state index in [-0.39, 0.29) is 25.6 Å². The van der Waals surface area contributed by atoms with Crippen molar-refractivity contribution >= 4 is 23.1 Å². The minimum absolute atomic E-state index is 0.169. The number of methoxy groups -OCH3 is 2. The van der Waals surface area contributed by atoms with Gasteiger partial charge in [-0.2, -0.15) is 10.2 Å². The second kappa shape index (κ2) is 9.50. The molecule has 0 spiro atoms. The molecule has 3 aromatic carbocycles. The Kier molecular flexibility index (Phi) is 6.09. The fraction of sp³-hybridized carbons (Fsp3) is 0.222. The van der Waals surface area contributed by atoms with Gasteiger partial charge in [0, 0.05) is 24.6 Å². The van der Waals surface area contributed by atoms with Crippen LogP contribution in [0.25, 0.3) is 11.1 Å². The van der Waals surface area contributed by atoms with E-state index in [0.29, 0.717) is 28.2 Å². The summed E-state index contributed by atoms with van der Waals surface area (Å²) in [4.78, 5) is 18.4. The van der Waals surface area contributed by atoms with Crippen molar-refractivity contribution in [2.45, 2.75) is 25.6 Å². The Balaban J connectivity index is 1.48. The van der Waals surface area contributed by atoms with E-state index < -0.39 is 12.0 Å². The Morgan fingerprint density at radius 1 is 1.17 bits per heavy atom. The van der Waals surface area contributed by atoms with Crippen molar-refractivity contribution in [2.75, 3.05) is 19.1 Å². The number of carbonyl (C=O) groups is 1. The fourth-order valence-electron chi connectivity index (χ4n) is 4.34. The third kappa shape index (κ3) is 4.25. The molecule has 9 heteroatoms. The maximum absolute atomic E-state index is 12.3. The molecule has 182 valence electrons. The van der Waals surface area contributed by atoms with Crippen LogP contribution in [0, 0.1) is 11.3 Å². The minimum Gasteiger partial charge on any atom is -0.497 e. The van der Waals surface area contributed by atoms with E-state index in [1.54, 1.807) is 37.3 Å². The zero-order valence-electron chi connectivity index (χ0n) is 19.7. The first-order valence-electron chi connectivity index (χ1n) is 11.3. The van der Waals surface area contributed by atoms with Gasteiger partial charge in [-0.1, -0.05) is 18.2 Å². The van der Waals surface area contributed by atoms with E-state index in [9.17, 15) is 9.90 Å². The third-order valence-corrected chi connectivity index (χ3v) is 6.23. The summed E-state index contributed by atoms with van der Waals surface area (Å²) in [6.07, 6.45) is 0.169. The number of nitriles is 1. The van der Waals surface area contributed by atoms with Gasteiger partial charge in [0.2, 0.25) is 0 Å². The summed E-state index contributed by atoms with van der Waals surface area (Å²) in [5, 5.41) is 19.2. The molecule has 1 unspecified atom stereocenters. The lowest BCUT2D eigenvalue weighted by molar-refractivity contribution is -0.138. The number of anilines is 1. The highest BCUT2D eigenvalue weighted by Crippen LogP contribution is 2.40. The number of aliphatic carboxylic acids is 1. The standard InChI is InChI=1S/C27H23N3O6/c1-33-19-7-3-16(4-8-19)15-35-25-20-12-22(26(31)32)30(14-18(20)6-10-23(25)34-2)27-29-21-9-5-17(13-28)11-24(21)36-27/h3-11,22H,12,14-15H2,1-2H3,(H,31,32). The second-order valence-corrected chi connectivity index (χ2v) is 8.35. The molecule has 9 nitrogen and oxygen atoms in total. The van der Waals surface area contributed by atoms with Crippen molar-refractivity contribution in [3.63, 3.8) is 0 Å². The van der Waals surface area contributed by atoms with Crippen molar-refractivity contribution in [3.8, 4) is 23.3 Å². The van der Waals surface area contributed by atoms with Crippen molar-refractivity contribution in [1.82, 2.24) is 4.98 Å². The lowest BCUT2D eigenvalue weighted by Crippen LogP contribution is -2.46. The van der Waals surface area contributed by atoms with Crippen LogP contribution in [-0.2, 0) is 24.4 Å². The average Bonchev–Trinajstić information content (AvgIpc) is 3.34. The van der Waals surface area contributed by atoms with Crippen LogP contribution >= 0.6 is 0 Å². The van der Waals surface area contributed by atoms with Gasteiger partial charge in [-0.15, -0.1) is 0 Å². The smallest absolute Gasteiger partial charge is 0.326 e. The van der Waals surface area contributed by atoms with Gasteiger partial charge in [-0.25, -0.2) is 4.79 Å². The van der Waals surface area contributed by atoms with E-state index >= 15 is 0 Å². The summed E-state index contributed by atoms with van der Waals surface area (Å²) in [5.41, 5.74) is 4.02. The van der Waals surface area contributed by atoms with Crippen LogP contribution in [0.15, 0.2) is 59.0 Å². The number of rotatable bonds is 7. The predicted octanol–water partition coefficient (Wildman–Crippen LogP) is 4.31. The van der Waals surface area contributed by atoms with Crippen molar-refractivity contribution in [2.24, 2.45) is 0 Å². The SMILES string of the molecule is COc1ccc(COc2c(OC)ccc3c2CC(C(=O)O)N(c2nc4ccc(C#N)cc4o2)C3)cc1. The molecular formula is C27H23N3O6. The van der Waals surface area contributed by atoms with E-state index in [4.69, 9.17) is 23.9 Å². The molecule has 2 heterocycles. The zero-order chi connectivity index (χ0) is 25.2. The summed E-state index contributed by atoms with van der Waals surface area (Å²) in [5.74, 6) is 0.795. The highest BCUT2D eigenvalue weighted by molar-refractivity contribution is 5.81. The van der Waals surface area contributed by atoms with Crippen LogP contribution in [0.1, 0.15) is 22.3 Å². The van der Waals surface area contributed by atoms with Gasteiger partial charge in [0.15, 0.2) is 17.1 Å². The molecule has 0 saturated heterocycles. The van der Waals surface area contributed by atoms with Gasteiger partial charge < -0.3 is 28.6 Å². The van der Waals surface area contributed by atoms with Gasteiger partial charge >= 0.3 is 5.97 Å². The molecule has 5 rings (SSSR count). The highest BCUT2D eigenvalue weighted by Gasteiger charge is 2.36. The molecule has 1 aliphatic rings. The van der Waals surface area contributed by atoms with Crippen LogP contribution < -0.4 is 19.1 Å². The van der Waals surface area contributed by atoms with Crippen LogP contribution in [0.4, 0.5) is 6.01 Å². The monoisotopic (exact) mass is 485 g/mol. The Hall–Kier alpha value is -4.71. The number of benzene rings is 3. The van der Waals surface area contributed by atoms with E-state index in [2.05, 4.69) is 11.1 Å². The van der Waals surface area contributed by atoms with Crippen LogP contribution in [0.2, 0.25) is 0 Å². The van der Waals surface area contributed by atoms with Crippen molar-refractivity contribution in [3.05, 3.63) is 76.9 Å². The number of carboxylic acid groups (broad SMARTS) is 1. The topological polar surface area (TPSA) is 118 Å². The van der Waals surface area contributed by atoms with Crippen molar-refractivity contribution < 1.29 is 28.5 Å². The number of hydrogen-bond donors (Lipinski definition) is 1. The Morgan fingerprint density at radius 3 is 2.67 bits per heavy atom. The molecule has 0 fully saturated rings. The summed E-state index contributed by atoms with van der Waals surface area (Å²) >= 11 is 0. The number of oxazole rings is 1. The Bertz CT molecular complexity index is 1470. The molecule has 0 radical (unpaired) electrons. The molecule has 1 atom stereocenters. The lowest BCUT2D eigenvalue weighted by atomic mass is 9.93. The van der Waals surface area contributed by atoms with Crippen molar-refractivity contribution in [1.29, 1.82) is 5.26 Å². The molecule has 1 N–H and O–H groups in total. The minimum atomic E-state index is -1.01. The fourth-order valence-corrected chi connectivity index (χ4v) is 4.34. The zero-order valence-corrected chi connectivity index (χ0v) is 19.7. The molecule has 4 aromatic rings. The third-order valence-electron chi connectivity index (χ3n) is 6.23. The van der Waals surface area contributed by atoms with Gasteiger partial charge in [0.05, 0.1) is 25.9 Å². The lowest BCUT2D eigenvalue weighted by Gasteiger charge is -2.34. The molecule has 0 aliphatic carbocycles. The summed E-state index contributed by atoms with van der Waals surface area (Å²) in [6.45, 7) is 0.539. The van der Waals surface area contributed by atoms with Crippen LogP contribution in [-0.4, -0.2) is 36.3 Å². The molecule has 1 aromatic heterocycles. The summed E-state index contributed by atoms with van der Waals surface area (Å²) in [6, 6.07) is 17.5. The average molecular weight is 485 g/mol. The van der Waals surface area contributed by atoms with Crippen LogP contribution in [0.5, 0.6) is 17.2 Å². The van der Waals surface area contributed by atoms with E-state index in [0.717, 1.165) is 22.4 Å². The largest absolute Gasteiger partial charge is 0.497 e. The summed E-state index contributed by atoms with van der Waals surface area (Å²) < 4.78 is 22.8. The van der Waals surface area contributed by atoms with Gasteiger partial charge in [-0.3, -0.25) is 0 Å². The Labute approximate surface area is 207 Å².